The molecule has 0 aliphatic rings. The fourth-order valence-corrected chi connectivity index (χ4v) is 3.79. The number of hydrogen-bond donors (Lipinski definition) is 1. The molecule has 0 saturated carbocycles. The summed E-state index contributed by atoms with van der Waals surface area (Å²) in [5, 5.41) is 20.3. The number of anilines is 1. The number of aromatic nitrogens is 5. The van der Waals surface area contributed by atoms with Gasteiger partial charge in [0.05, 0.1) is 5.75 Å². The van der Waals surface area contributed by atoms with Gasteiger partial charge in [0.15, 0.2) is 11.0 Å². The lowest BCUT2D eigenvalue weighted by molar-refractivity contribution is -0.113. The zero-order chi connectivity index (χ0) is 19.2. The number of carbonyl (C=O) groups excluding carboxylic acids is 1. The average molecular weight is 425 g/mol. The van der Waals surface area contributed by atoms with Crippen molar-refractivity contribution < 1.29 is 9.53 Å². The number of amides is 1. The van der Waals surface area contributed by atoms with Crippen molar-refractivity contribution in [1.82, 2.24) is 25.0 Å². The standard InChI is InChI=1S/C16H17ClN6O2S2/c1-3-23-13(7-25-12-5-4-11(17)6-10(12)2)20-22-16(23)26-8-14(24)19-15-21-18-9-27-15/h4-6,9H,3,7-8H2,1-2H3,(H,19,21,24). The molecule has 0 atom stereocenters. The van der Waals surface area contributed by atoms with Gasteiger partial charge in [-0.3, -0.25) is 10.1 Å². The summed E-state index contributed by atoms with van der Waals surface area (Å²) in [7, 11) is 0. The van der Waals surface area contributed by atoms with Gasteiger partial charge in [0, 0.05) is 11.6 Å². The largest absolute Gasteiger partial charge is 0.485 e. The summed E-state index contributed by atoms with van der Waals surface area (Å²) >= 11 is 8.55. The summed E-state index contributed by atoms with van der Waals surface area (Å²) in [6.45, 7) is 4.88. The lowest BCUT2D eigenvalue weighted by Crippen LogP contribution is -2.14. The van der Waals surface area contributed by atoms with E-state index in [1.807, 2.05) is 30.5 Å². The molecular weight excluding hydrogens is 408 g/mol. The second-order valence-corrected chi connectivity index (χ2v) is 7.63. The quantitative estimate of drug-likeness (QED) is 0.553. The lowest BCUT2D eigenvalue weighted by Gasteiger charge is -2.10. The smallest absolute Gasteiger partial charge is 0.236 e. The first-order valence-electron chi connectivity index (χ1n) is 8.06. The van der Waals surface area contributed by atoms with E-state index >= 15 is 0 Å². The van der Waals surface area contributed by atoms with Crippen LogP contribution < -0.4 is 10.1 Å². The van der Waals surface area contributed by atoms with E-state index in [0.717, 1.165) is 11.3 Å². The maximum Gasteiger partial charge on any atom is 0.236 e. The topological polar surface area (TPSA) is 94.8 Å². The van der Waals surface area contributed by atoms with Crippen molar-refractivity contribution in [2.24, 2.45) is 0 Å². The molecule has 0 spiro atoms. The summed E-state index contributed by atoms with van der Waals surface area (Å²) < 4.78 is 7.77. The molecule has 0 bridgehead atoms. The van der Waals surface area contributed by atoms with Crippen LogP contribution in [-0.4, -0.2) is 36.6 Å². The van der Waals surface area contributed by atoms with E-state index < -0.39 is 0 Å². The van der Waals surface area contributed by atoms with Gasteiger partial charge >= 0.3 is 0 Å². The molecule has 1 aromatic carbocycles. The first-order valence-corrected chi connectivity index (χ1v) is 10.3. The van der Waals surface area contributed by atoms with E-state index in [-0.39, 0.29) is 18.3 Å². The summed E-state index contributed by atoms with van der Waals surface area (Å²) in [6.07, 6.45) is 0. The molecule has 3 rings (SSSR count). The Morgan fingerprint density at radius 1 is 1.37 bits per heavy atom. The number of ether oxygens (including phenoxy) is 1. The number of benzene rings is 1. The van der Waals surface area contributed by atoms with Crippen molar-refractivity contribution in [3.8, 4) is 5.75 Å². The molecule has 0 aliphatic carbocycles. The predicted molar refractivity (Wildman–Crippen MR) is 105 cm³/mol. The molecule has 0 saturated heterocycles. The zero-order valence-electron chi connectivity index (χ0n) is 14.7. The molecule has 0 aliphatic heterocycles. The molecule has 2 heterocycles. The number of aryl methyl sites for hydroxylation is 1. The highest BCUT2D eigenvalue weighted by molar-refractivity contribution is 7.99. The SMILES string of the molecule is CCn1c(COc2ccc(Cl)cc2C)nnc1SCC(=O)Nc1nncs1. The molecule has 2 aromatic heterocycles. The van der Waals surface area contributed by atoms with Crippen LogP contribution in [0.1, 0.15) is 18.3 Å². The third-order valence-corrected chi connectivity index (χ3v) is 5.35. The molecule has 8 nitrogen and oxygen atoms in total. The number of halogens is 1. The molecule has 1 amide bonds. The van der Waals surface area contributed by atoms with Crippen LogP contribution in [0.5, 0.6) is 5.75 Å². The Labute approximate surface area is 169 Å². The van der Waals surface area contributed by atoms with Crippen LogP contribution >= 0.6 is 34.7 Å². The van der Waals surface area contributed by atoms with E-state index in [1.165, 1.54) is 23.1 Å². The minimum Gasteiger partial charge on any atom is -0.485 e. The fraction of sp³-hybridized carbons (Fsp3) is 0.312. The number of nitrogens with one attached hydrogen (secondary N) is 1. The first-order chi connectivity index (χ1) is 13.1. The van der Waals surface area contributed by atoms with Crippen molar-refractivity contribution in [3.63, 3.8) is 0 Å². The van der Waals surface area contributed by atoms with Crippen molar-refractivity contribution in [2.45, 2.75) is 32.2 Å². The Morgan fingerprint density at radius 3 is 2.93 bits per heavy atom. The van der Waals surface area contributed by atoms with Crippen LogP contribution in [0.4, 0.5) is 5.13 Å². The van der Waals surface area contributed by atoms with Crippen LogP contribution in [0.15, 0.2) is 28.9 Å². The molecule has 11 heteroatoms. The number of thioether (sulfide) groups is 1. The molecule has 142 valence electrons. The Balaban J connectivity index is 1.59. The fourth-order valence-electron chi connectivity index (χ4n) is 2.28. The molecule has 0 fully saturated rings. The van der Waals surface area contributed by atoms with E-state index in [4.69, 9.17) is 16.3 Å². The minimum absolute atomic E-state index is 0.169. The average Bonchev–Trinajstić information content (AvgIpc) is 3.28. The van der Waals surface area contributed by atoms with Gasteiger partial charge in [0.1, 0.15) is 17.9 Å². The van der Waals surface area contributed by atoms with Gasteiger partial charge in [-0.2, -0.15) is 0 Å². The predicted octanol–water partition coefficient (Wildman–Crippen LogP) is 3.42. The molecular formula is C16H17ClN6O2S2. The number of rotatable bonds is 8. The van der Waals surface area contributed by atoms with Crippen molar-refractivity contribution in [2.75, 3.05) is 11.1 Å². The van der Waals surface area contributed by atoms with Crippen molar-refractivity contribution >= 4 is 45.7 Å². The first kappa shape index (κ1) is 19.6. The zero-order valence-corrected chi connectivity index (χ0v) is 17.1. The van der Waals surface area contributed by atoms with E-state index in [9.17, 15) is 4.79 Å². The van der Waals surface area contributed by atoms with Gasteiger partial charge in [-0.1, -0.05) is 34.7 Å². The van der Waals surface area contributed by atoms with Gasteiger partial charge in [0.2, 0.25) is 11.0 Å². The molecule has 1 N–H and O–H groups in total. The summed E-state index contributed by atoms with van der Waals surface area (Å²) in [6, 6.07) is 5.46. The number of nitrogens with zero attached hydrogens (tertiary/aromatic N) is 5. The molecule has 0 radical (unpaired) electrons. The monoisotopic (exact) mass is 424 g/mol. The Hall–Kier alpha value is -2.17. The molecule has 0 unspecified atom stereocenters. The van der Waals surface area contributed by atoms with Crippen LogP contribution in [0.2, 0.25) is 5.02 Å². The highest BCUT2D eigenvalue weighted by Gasteiger charge is 2.14. The summed E-state index contributed by atoms with van der Waals surface area (Å²) in [5.74, 6) is 1.47. The Morgan fingerprint density at radius 2 is 2.22 bits per heavy atom. The second-order valence-electron chi connectivity index (χ2n) is 5.42. The number of carbonyl (C=O) groups is 1. The van der Waals surface area contributed by atoms with Crippen molar-refractivity contribution in [1.29, 1.82) is 0 Å². The van der Waals surface area contributed by atoms with Crippen LogP contribution in [0.25, 0.3) is 0 Å². The van der Waals surface area contributed by atoms with Gasteiger partial charge in [-0.05, 0) is 37.6 Å². The maximum atomic E-state index is 12.0. The number of hydrogen-bond acceptors (Lipinski definition) is 8. The van der Waals surface area contributed by atoms with Gasteiger partial charge in [-0.15, -0.1) is 20.4 Å². The van der Waals surface area contributed by atoms with E-state index in [2.05, 4.69) is 25.7 Å². The summed E-state index contributed by atoms with van der Waals surface area (Å²) in [5.41, 5.74) is 2.51. The lowest BCUT2D eigenvalue weighted by atomic mass is 10.2. The highest BCUT2D eigenvalue weighted by Crippen LogP contribution is 2.23. The normalized spacial score (nSPS) is 10.8. The van der Waals surface area contributed by atoms with Crippen LogP contribution in [0, 0.1) is 6.92 Å². The van der Waals surface area contributed by atoms with Gasteiger partial charge in [0.25, 0.3) is 0 Å². The highest BCUT2D eigenvalue weighted by atomic mass is 35.5. The van der Waals surface area contributed by atoms with E-state index in [0.29, 0.717) is 27.7 Å². The maximum absolute atomic E-state index is 12.0. The van der Waals surface area contributed by atoms with Crippen molar-refractivity contribution in [3.05, 3.63) is 40.1 Å². The third kappa shape index (κ3) is 5.18. The molecule has 3 aromatic rings. The Bertz CT molecular complexity index is 916. The Kier molecular flexibility index (Phi) is 6.64. The van der Waals surface area contributed by atoms with Crippen LogP contribution in [0.3, 0.4) is 0 Å². The van der Waals surface area contributed by atoms with Gasteiger partial charge < -0.3 is 9.30 Å². The molecule has 27 heavy (non-hydrogen) atoms. The van der Waals surface area contributed by atoms with Crippen LogP contribution in [-0.2, 0) is 17.9 Å². The minimum atomic E-state index is -0.169. The van der Waals surface area contributed by atoms with Gasteiger partial charge in [-0.25, -0.2) is 0 Å². The second kappa shape index (κ2) is 9.16. The van der Waals surface area contributed by atoms with E-state index in [1.54, 1.807) is 11.6 Å². The summed E-state index contributed by atoms with van der Waals surface area (Å²) in [4.78, 5) is 12.0. The third-order valence-electron chi connectivity index (χ3n) is 3.54.